The molecule has 146 valence electrons. The Labute approximate surface area is 163 Å². The molecule has 7 heteroatoms. The van der Waals surface area contributed by atoms with Gasteiger partial charge in [0.1, 0.15) is 11.6 Å². The summed E-state index contributed by atoms with van der Waals surface area (Å²) < 4.78 is 24.2. The van der Waals surface area contributed by atoms with E-state index in [1.807, 2.05) is 36.4 Å². The molecular formula is C21H23FN4O2. The Balaban J connectivity index is 1.37. The first-order valence-corrected chi connectivity index (χ1v) is 9.41. The van der Waals surface area contributed by atoms with Crippen LogP contribution in [0.3, 0.4) is 0 Å². The van der Waals surface area contributed by atoms with Crippen molar-refractivity contribution in [3.63, 3.8) is 0 Å². The van der Waals surface area contributed by atoms with E-state index in [4.69, 9.17) is 9.15 Å². The number of anilines is 1. The maximum Gasteiger partial charge on any atom is 0.247 e. The van der Waals surface area contributed by atoms with Crippen molar-refractivity contribution in [2.45, 2.75) is 13.0 Å². The highest BCUT2D eigenvalue weighted by molar-refractivity contribution is 5.54. The highest BCUT2D eigenvalue weighted by Gasteiger charge is 2.18. The lowest BCUT2D eigenvalue weighted by Gasteiger charge is -2.23. The maximum absolute atomic E-state index is 13.1. The van der Waals surface area contributed by atoms with E-state index in [2.05, 4.69) is 20.0 Å². The third kappa shape index (κ3) is 4.31. The Morgan fingerprint density at radius 3 is 2.50 bits per heavy atom. The van der Waals surface area contributed by atoms with E-state index < -0.39 is 0 Å². The molecule has 1 saturated heterocycles. The number of methoxy groups -OCH3 is 1. The quantitative estimate of drug-likeness (QED) is 0.672. The Morgan fingerprint density at radius 2 is 1.75 bits per heavy atom. The summed E-state index contributed by atoms with van der Waals surface area (Å²) in [6.07, 6.45) is 1.02. The smallest absolute Gasteiger partial charge is 0.247 e. The van der Waals surface area contributed by atoms with Crippen LogP contribution < -0.4 is 9.64 Å². The largest absolute Gasteiger partial charge is 0.497 e. The zero-order chi connectivity index (χ0) is 19.3. The van der Waals surface area contributed by atoms with Gasteiger partial charge < -0.3 is 14.1 Å². The lowest BCUT2D eigenvalue weighted by molar-refractivity contribution is 0.256. The molecule has 1 aliphatic rings. The van der Waals surface area contributed by atoms with Gasteiger partial charge in [0.05, 0.1) is 13.7 Å². The van der Waals surface area contributed by atoms with Crippen molar-refractivity contribution in [3.05, 3.63) is 60.2 Å². The molecule has 1 fully saturated rings. The SMILES string of the molecule is COc1ccc(-c2nnc(CN3CCCN(c4ccc(F)cc4)CC3)o2)cc1. The summed E-state index contributed by atoms with van der Waals surface area (Å²) >= 11 is 0. The highest BCUT2D eigenvalue weighted by atomic mass is 19.1. The van der Waals surface area contributed by atoms with E-state index in [0.29, 0.717) is 18.3 Å². The van der Waals surface area contributed by atoms with Crippen molar-refractivity contribution < 1.29 is 13.5 Å². The second-order valence-electron chi connectivity index (χ2n) is 6.82. The van der Waals surface area contributed by atoms with Gasteiger partial charge in [0.25, 0.3) is 0 Å². The fourth-order valence-electron chi connectivity index (χ4n) is 3.40. The summed E-state index contributed by atoms with van der Waals surface area (Å²) in [5, 5.41) is 8.37. The number of hydrogen-bond acceptors (Lipinski definition) is 6. The number of halogens is 1. The first-order chi connectivity index (χ1) is 13.7. The minimum Gasteiger partial charge on any atom is -0.497 e. The summed E-state index contributed by atoms with van der Waals surface area (Å²) in [5.74, 6) is 1.71. The highest BCUT2D eigenvalue weighted by Crippen LogP contribution is 2.22. The molecule has 0 N–H and O–H groups in total. The van der Waals surface area contributed by atoms with Gasteiger partial charge >= 0.3 is 0 Å². The summed E-state index contributed by atoms with van der Waals surface area (Å²) in [5.41, 5.74) is 1.93. The molecule has 0 spiro atoms. The van der Waals surface area contributed by atoms with Crippen LogP contribution in [0.5, 0.6) is 5.75 Å². The fourth-order valence-corrected chi connectivity index (χ4v) is 3.40. The van der Waals surface area contributed by atoms with Crippen molar-refractivity contribution in [1.82, 2.24) is 15.1 Å². The zero-order valence-electron chi connectivity index (χ0n) is 15.8. The monoisotopic (exact) mass is 382 g/mol. The molecule has 28 heavy (non-hydrogen) atoms. The topological polar surface area (TPSA) is 54.6 Å². The van der Waals surface area contributed by atoms with Gasteiger partial charge in [-0.25, -0.2) is 4.39 Å². The normalized spacial score (nSPS) is 15.4. The third-order valence-electron chi connectivity index (χ3n) is 4.94. The molecule has 2 heterocycles. The van der Waals surface area contributed by atoms with Crippen molar-refractivity contribution >= 4 is 5.69 Å². The number of aromatic nitrogens is 2. The summed E-state index contributed by atoms with van der Waals surface area (Å²) in [6.45, 7) is 4.30. The van der Waals surface area contributed by atoms with Crippen molar-refractivity contribution in [3.8, 4) is 17.2 Å². The van der Waals surface area contributed by atoms with Gasteiger partial charge in [0.15, 0.2) is 0 Å². The molecule has 0 aliphatic carbocycles. The molecule has 6 nitrogen and oxygen atoms in total. The number of hydrogen-bond donors (Lipinski definition) is 0. The van der Waals surface area contributed by atoms with Crippen molar-refractivity contribution in [2.24, 2.45) is 0 Å². The molecule has 0 radical (unpaired) electrons. The van der Waals surface area contributed by atoms with Crippen molar-refractivity contribution in [2.75, 3.05) is 38.2 Å². The van der Waals surface area contributed by atoms with Crippen molar-refractivity contribution in [1.29, 1.82) is 0 Å². The predicted octanol–water partition coefficient (Wildman–Crippen LogP) is 3.60. The fraction of sp³-hybridized carbons (Fsp3) is 0.333. The summed E-state index contributed by atoms with van der Waals surface area (Å²) in [4.78, 5) is 4.60. The number of rotatable bonds is 5. The standard InChI is InChI=1S/C21H23FN4O2/c1-27-19-9-3-16(4-10-19)21-24-23-20(28-21)15-25-11-2-12-26(14-13-25)18-7-5-17(22)6-8-18/h3-10H,2,11-15H2,1H3. The Morgan fingerprint density at radius 1 is 0.964 bits per heavy atom. The van der Waals surface area contributed by atoms with E-state index >= 15 is 0 Å². The van der Waals surface area contributed by atoms with Gasteiger partial charge in [-0.2, -0.15) is 0 Å². The average Bonchev–Trinajstić information content (AvgIpc) is 3.07. The van der Waals surface area contributed by atoms with Gasteiger partial charge in [-0.15, -0.1) is 10.2 Å². The zero-order valence-corrected chi connectivity index (χ0v) is 15.8. The second-order valence-corrected chi connectivity index (χ2v) is 6.82. The number of ether oxygens (including phenoxy) is 1. The van der Waals surface area contributed by atoms with Crippen LogP contribution in [0, 0.1) is 5.82 Å². The second kappa shape index (κ2) is 8.39. The van der Waals surface area contributed by atoms with Crippen LogP contribution in [0.15, 0.2) is 52.9 Å². The molecule has 0 atom stereocenters. The molecule has 4 rings (SSSR count). The van der Waals surface area contributed by atoms with E-state index in [0.717, 1.165) is 49.6 Å². The molecule has 1 aromatic heterocycles. The molecular weight excluding hydrogens is 359 g/mol. The van der Waals surface area contributed by atoms with Crippen LogP contribution in [0.1, 0.15) is 12.3 Å². The first kappa shape index (κ1) is 18.4. The van der Waals surface area contributed by atoms with Gasteiger partial charge in [-0.05, 0) is 55.0 Å². The van der Waals surface area contributed by atoms with E-state index in [9.17, 15) is 4.39 Å². The molecule has 1 aliphatic heterocycles. The number of benzene rings is 2. The van der Waals surface area contributed by atoms with Gasteiger partial charge in [0.2, 0.25) is 11.8 Å². The lowest BCUT2D eigenvalue weighted by atomic mass is 10.2. The molecule has 0 saturated carbocycles. The van der Waals surface area contributed by atoms with Gasteiger partial charge in [-0.3, -0.25) is 4.90 Å². The van der Waals surface area contributed by atoms with E-state index in [-0.39, 0.29) is 5.82 Å². The molecule has 0 amide bonds. The van der Waals surface area contributed by atoms with Crippen LogP contribution >= 0.6 is 0 Å². The van der Waals surface area contributed by atoms with Crippen LogP contribution in [0.4, 0.5) is 10.1 Å². The molecule has 0 unspecified atom stereocenters. The minimum atomic E-state index is -0.204. The average molecular weight is 382 g/mol. The summed E-state index contributed by atoms with van der Waals surface area (Å²) in [7, 11) is 1.64. The number of nitrogens with zero attached hydrogens (tertiary/aromatic N) is 4. The Bertz CT molecular complexity index is 896. The Hall–Kier alpha value is -2.93. The Kier molecular flexibility index (Phi) is 5.53. The first-order valence-electron chi connectivity index (χ1n) is 9.41. The van der Waals surface area contributed by atoms with Crippen LogP contribution in [-0.4, -0.2) is 48.4 Å². The van der Waals surface area contributed by atoms with Crippen LogP contribution in [0.2, 0.25) is 0 Å². The molecule has 0 bridgehead atoms. The van der Waals surface area contributed by atoms with Crippen LogP contribution in [0.25, 0.3) is 11.5 Å². The molecule has 3 aromatic rings. The van der Waals surface area contributed by atoms with E-state index in [1.165, 1.54) is 12.1 Å². The van der Waals surface area contributed by atoms with E-state index in [1.54, 1.807) is 7.11 Å². The van der Waals surface area contributed by atoms with Gasteiger partial charge in [0, 0.05) is 37.4 Å². The minimum absolute atomic E-state index is 0.204. The van der Waals surface area contributed by atoms with Crippen LogP contribution in [-0.2, 0) is 6.54 Å². The molecule has 2 aromatic carbocycles. The maximum atomic E-state index is 13.1. The lowest BCUT2D eigenvalue weighted by Crippen LogP contribution is -2.30. The third-order valence-corrected chi connectivity index (χ3v) is 4.94. The van der Waals surface area contributed by atoms with Gasteiger partial charge in [-0.1, -0.05) is 0 Å². The summed E-state index contributed by atoms with van der Waals surface area (Å²) in [6, 6.07) is 14.3. The predicted molar refractivity (Wildman–Crippen MR) is 105 cm³/mol.